The number of nitrogens with one attached hydrogen (secondary N) is 1. The molecule has 2 aromatic rings. The van der Waals surface area contributed by atoms with E-state index in [0.29, 0.717) is 49.5 Å². The standard InChI is InChI=1S/C24H27ClN2O5/c1-29-19-5-3-18(4-6-19)21(27-8-10-30-11-9-27)16-26-23(28)7-2-17-14-20(25)24-22(15-17)31-12-13-32-24/h2-7,14-15,21H,8-13,16H2,1H3,(H,26,28). The van der Waals surface area contributed by atoms with Crippen LogP contribution in [0.1, 0.15) is 17.2 Å². The van der Waals surface area contributed by atoms with Crippen molar-refractivity contribution >= 4 is 23.6 Å². The van der Waals surface area contributed by atoms with Gasteiger partial charge >= 0.3 is 0 Å². The third-order valence-electron chi connectivity index (χ3n) is 5.50. The number of amides is 1. The molecular weight excluding hydrogens is 432 g/mol. The van der Waals surface area contributed by atoms with E-state index in [4.69, 9.17) is 30.5 Å². The van der Waals surface area contributed by atoms with E-state index in [9.17, 15) is 4.79 Å². The highest BCUT2D eigenvalue weighted by atomic mass is 35.5. The first kappa shape index (κ1) is 22.5. The molecule has 1 unspecified atom stereocenters. The van der Waals surface area contributed by atoms with Crippen LogP contribution in [0.25, 0.3) is 6.08 Å². The van der Waals surface area contributed by atoms with Crippen molar-refractivity contribution in [2.75, 3.05) is 53.2 Å². The van der Waals surface area contributed by atoms with Crippen molar-refractivity contribution in [3.8, 4) is 17.2 Å². The number of benzene rings is 2. The maximum absolute atomic E-state index is 12.6. The van der Waals surface area contributed by atoms with Crippen molar-refractivity contribution in [3.05, 3.63) is 58.6 Å². The Balaban J connectivity index is 1.42. The van der Waals surface area contributed by atoms with Crippen molar-refractivity contribution in [2.45, 2.75) is 6.04 Å². The van der Waals surface area contributed by atoms with Crippen molar-refractivity contribution in [1.82, 2.24) is 10.2 Å². The lowest BCUT2D eigenvalue weighted by atomic mass is 10.0. The molecule has 1 N–H and O–H groups in total. The van der Waals surface area contributed by atoms with Gasteiger partial charge in [-0.15, -0.1) is 0 Å². The average Bonchev–Trinajstić information content (AvgIpc) is 2.84. The van der Waals surface area contributed by atoms with Crippen LogP contribution in [-0.4, -0.2) is 64.0 Å². The summed E-state index contributed by atoms with van der Waals surface area (Å²) in [7, 11) is 1.65. The smallest absolute Gasteiger partial charge is 0.244 e. The molecule has 8 heteroatoms. The van der Waals surface area contributed by atoms with Crippen LogP contribution in [0.4, 0.5) is 0 Å². The maximum Gasteiger partial charge on any atom is 0.244 e. The van der Waals surface area contributed by atoms with Crippen LogP contribution < -0.4 is 19.5 Å². The van der Waals surface area contributed by atoms with Gasteiger partial charge in [0.2, 0.25) is 5.91 Å². The molecule has 170 valence electrons. The Hall–Kier alpha value is -2.74. The molecule has 0 saturated carbocycles. The number of fused-ring (bicyclic) bond motifs is 1. The molecule has 7 nitrogen and oxygen atoms in total. The summed E-state index contributed by atoms with van der Waals surface area (Å²) in [6.07, 6.45) is 3.22. The first-order valence-corrected chi connectivity index (χ1v) is 11.0. The fourth-order valence-electron chi connectivity index (χ4n) is 3.83. The second-order valence-electron chi connectivity index (χ2n) is 7.54. The topological polar surface area (TPSA) is 69.3 Å². The molecule has 2 aliphatic rings. The van der Waals surface area contributed by atoms with Crippen LogP contribution in [-0.2, 0) is 9.53 Å². The van der Waals surface area contributed by atoms with Crippen molar-refractivity contribution in [2.24, 2.45) is 0 Å². The lowest BCUT2D eigenvalue weighted by Crippen LogP contribution is -2.43. The highest BCUT2D eigenvalue weighted by Gasteiger charge is 2.23. The van der Waals surface area contributed by atoms with Gasteiger partial charge in [0.1, 0.15) is 19.0 Å². The minimum Gasteiger partial charge on any atom is -0.497 e. The summed E-state index contributed by atoms with van der Waals surface area (Å²) in [4.78, 5) is 14.9. The van der Waals surface area contributed by atoms with E-state index in [1.54, 1.807) is 19.3 Å². The highest BCUT2D eigenvalue weighted by Crippen LogP contribution is 2.38. The van der Waals surface area contributed by atoms with Gasteiger partial charge < -0.3 is 24.3 Å². The Labute approximate surface area is 192 Å². The van der Waals surface area contributed by atoms with Gasteiger partial charge in [0.15, 0.2) is 11.5 Å². The number of carbonyl (C=O) groups is 1. The first-order valence-electron chi connectivity index (χ1n) is 10.6. The van der Waals surface area contributed by atoms with Crippen molar-refractivity contribution in [3.63, 3.8) is 0 Å². The molecule has 1 fully saturated rings. The second kappa shape index (κ2) is 10.7. The normalized spacial score (nSPS) is 17.2. The van der Waals surface area contributed by atoms with Gasteiger partial charge in [0, 0.05) is 25.7 Å². The Morgan fingerprint density at radius 1 is 1.16 bits per heavy atom. The molecule has 0 aliphatic carbocycles. The fourth-order valence-corrected chi connectivity index (χ4v) is 4.10. The predicted molar refractivity (Wildman–Crippen MR) is 123 cm³/mol. The lowest BCUT2D eigenvalue weighted by molar-refractivity contribution is -0.116. The molecule has 0 spiro atoms. The van der Waals surface area contributed by atoms with E-state index in [2.05, 4.69) is 10.2 Å². The molecule has 32 heavy (non-hydrogen) atoms. The van der Waals surface area contributed by atoms with Crippen LogP contribution in [0, 0.1) is 0 Å². The van der Waals surface area contributed by atoms with Gasteiger partial charge in [-0.1, -0.05) is 23.7 Å². The molecule has 2 aromatic carbocycles. The Morgan fingerprint density at radius 2 is 1.91 bits per heavy atom. The largest absolute Gasteiger partial charge is 0.497 e. The van der Waals surface area contributed by atoms with Crippen LogP contribution in [0.3, 0.4) is 0 Å². The summed E-state index contributed by atoms with van der Waals surface area (Å²) in [5.41, 5.74) is 1.89. The quantitative estimate of drug-likeness (QED) is 0.642. The van der Waals surface area contributed by atoms with Gasteiger partial charge in [-0.05, 0) is 41.5 Å². The number of morpholine rings is 1. The summed E-state index contributed by atoms with van der Waals surface area (Å²) in [5.74, 6) is 1.77. The molecule has 2 aliphatic heterocycles. The summed E-state index contributed by atoms with van der Waals surface area (Å²) < 4.78 is 21.9. The Kier molecular flexibility index (Phi) is 7.52. The van der Waals surface area contributed by atoms with E-state index < -0.39 is 0 Å². The Morgan fingerprint density at radius 3 is 2.66 bits per heavy atom. The van der Waals surface area contributed by atoms with E-state index in [1.165, 1.54) is 6.08 Å². The van der Waals surface area contributed by atoms with Crippen LogP contribution in [0.2, 0.25) is 5.02 Å². The average molecular weight is 459 g/mol. The number of hydrogen-bond acceptors (Lipinski definition) is 6. The van der Waals surface area contributed by atoms with Gasteiger partial charge in [0.25, 0.3) is 0 Å². The summed E-state index contributed by atoms with van der Waals surface area (Å²) in [5, 5.41) is 3.49. The molecular formula is C24H27ClN2O5. The maximum atomic E-state index is 12.6. The molecule has 1 saturated heterocycles. The fraction of sp³-hybridized carbons (Fsp3) is 0.375. The molecule has 1 atom stereocenters. The molecule has 0 aromatic heterocycles. The predicted octanol–water partition coefficient (Wildman–Crippen LogP) is 3.32. The lowest BCUT2D eigenvalue weighted by Gasteiger charge is -2.34. The third kappa shape index (κ3) is 5.54. The monoisotopic (exact) mass is 458 g/mol. The second-order valence-corrected chi connectivity index (χ2v) is 7.95. The SMILES string of the molecule is COc1ccc(C(CNC(=O)C=Cc2cc(Cl)c3c(c2)OCCO3)N2CCOCC2)cc1. The number of hydrogen-bond donors (Lipinski definition) is 1. The van der Waals surface area contributed by atoms with E-state index >= 15 is 0 Å². The minimum atomic E-state index is -0.178. The molecule has 4 rings (SSSR count). The third-order valence-corrected chi connectivity index (χ3v) is 5.78. The van der Waals surface area contributed by atoms with Crippen LogP contribution in [0.5, 0.6) is 17.2 Å². The molecule has 0 bridgehead atoms. The zero-order valence-electron chi connectivity index (χ0n) is 18.0. The Bertz CT molecular complexity index is 958. The molecule has 1 amide bonds. The van der Waals surface area contributed by atoms with Gasteiger partial charge in [-0.25, -0.2) is 0 Å². The van der Waals surface area contributed by atoms with Gasteiger partial charge in [-0.2, -0.15) is 0 Å². The summed E-state index contributed by atoms with van der Waals surface area (Å²) >= 11 is 6.28. The van der Waals surface area contributed by atoms with E-state index in [0.717, 1.165) is 30.0 Å². The summed E-state index contributed by atoms with van der Waals surface area (Å²) in [6, 6.07) is 11.6. The number of methoxy groups -OCH3 is 1. The minimum absolute atomic E-state index is 0.0471. The number of carbonyl (C=O) groups excluding carboxylic acids is 1. The van der Waals surface area contributed by atoms with Crippen molar-refractivity contribution in [1.29, 1.82) is 0 Å². The number of nitrogens with zero attached hydrogens (tertiary/aromatic N) is 1. The van der Waals surface area contributed by atoms with E-state index in [-0.39, 0.29) is 11.9 Å². The van der Waals surface area contributed by atoms with E-state index in [1.807, 2.05) is 30.3 Å². The van der Waals surface area contributed by atoms with Crippen molar-refractivity contribution < 1.29 is 23.7 Å². The number of rotatable bonds is 7. The zero-order valence-corrected chi connectivity index (χ0v) is 18.8. The van der Waals surface area contributed by atoms with Gasteiger partial charge in [0.05, 0.1) is 31.4 Å². The van der Waals surface area contributed by atoms with Crippen LogP contribution >= 0.6 is 11.6 Å². The highest BCUT2D eigenvalue weighted by molar-refractivity contribution is 6.32. The molecule has 0 radical (unpaired) electrons. The van der Waals surface area contributed by atoms with Crippen LogP contribution in [0.15, 0.2) is 42.5 Å². The number of ether oxygens (including phenoxy) is 4. The summed E-state index contributed by atoms with van der Waals surface area (Å²) in [6.45, 7) is 4.44. The zero-order chi connectivity index (χ0) is 22.3. The van der Waals surface area contributed by atoms with Gasteiger partial charge in [-0.3, -0.25) is 9.69 Å². The first-order chi connectivity index (χ1) is 15.6. The number of halogens is 1. The molecule has 2 heterocycles.